The van der Waals surface area contributed by atoms with Gasteiger partial charge in [-0.3, -0.25) is 4.79 Å². The molecule has 0 aliphatic carbocycles. The molecule has 2 aromatic carbocycles. The number of halogens is 1. The summed E-state index contributed by atoms with van der Waals surface area (Å²) in [6, 6.07) is 13.6. The molecular formula is C20H19FN2O3. The maximum absolute atomic E-state index is 12.8. The molecule has 1 amide bonds. The summed E-state index contributed by atoms with van der Waals surface area (Å²) in [5.41, 5.74) is 2.27. The van der Waals surface area contributed by atoms with E-state index in [-0.39, 0.29) is 18.3 Å². The lowest BCUT2D eigenvalue weighted by atomic mass is 10.1. The first-order valence-corrected chi connectivity index (χ1v) is 8.27. The van der Waals surface area contributed by atoms with E-state index in [9.17, 15) is 14.0 Å². The van der Waals surface area contributed by atoms with E-state index >= 15 is 0 Å². The highest BCUT2D eigenvalue weighted by Gasteiger charge is 2.16. The lowest BCUT2D eigenvalue weighted by Gasteiger charge is -2.06. The van der Waals surface area contributed by atoms with Crippen LogP contribution in [0.2, 0.25) is 0 Å². The van der Waals surface area contributed by atoms with Crippen molar-refractivity contribution in [2.45, 2.75) is 6.42 Å². The minimum absolute atomic E-state index is 0.293. The van der Waals surface area contributed by atoms with Crippen molar-refractivity contribution in [3.63, 3.8) is 0 Å². The fourth-order valence-corrected chi connectivity index (χ4v) is 2.76. The van der Waals surface area contributed by atoms with Gasteiger partial charge in [-0.2, -0.15) is 0 Å². The summed E-state index contributed by atoms with van der Waals surface area (Å²) in [5, 5.41) is 3.47. The van der Waals surface area contributed by atoms with Crippen molar-refractivity contribution in [3.8, 4) is 0 Å². The normalized spacial score (nSPS) is 10.7. The number of aryl methyl sites for hydroxylation is 1. The fraction of sp³-hybridized carbons (Fsp3) is 0.200. The number of fused-ring (bicyclic) bond motifs is 1. The van der Waals surface area contributed by atoms with Gasteiger partial charge in [-0.05, 0) is 30.2 Å². The Morgan fingerprint density at radius 2 is 1.85 bits per heavy atom. The predicted octanol–water partition coefficient (Wildman–Crippen LogP) is 2.83. The molecule has 26 heavy (non-hydrogen) atoms. The Morgan fingerprint density at radius 1 is 1.12 bits per heavy atom. The highest BCUT2D eigenvalue weighted by atomic mass is 19.1. The summed E-state index contributed by atoms with van der Waals surface area (Å²) >= 11 is 0. The Hall–Kier alpha value is -3.15. The monoisotopic (exact) mass is 354 g/mol. The Kier molecular flexibility index (Phi) is 5.31. The van der Waals surface area contributed by atoms with E-state index in [0.29, 0.717) is 18.5 Å². The number of para-hydroxylation sites is 1. The van der Waals surface area contributed by atoms with Crippen LogP contribution in [0.3, 0.4) is 0 Å². The lowest BCUT2D eigenvalue weighted by molar-refractivity contribution is -0.124. The van der Waals surface area contributed by atoms with E-state index in [1.165, 1.54) is 12.1 Å². The maximum Gasteiger partial charge on any atom is 0.340 e. The molecule has 134 valence electrons. The molecule has 0 bridgehead atoms. The molecule has 0 aliphatic rings. The van der Waals surface area contributed by atoms with Gasteiger partial charge in [-0.25, -0.2) is 9.18 Å². The van der Waals surface area contributed by atoms with Crippen LogP contribution < -0.4 is 5.32 Å². The third-order valence-electron chi connectivity index (χ3n) is 4.10. The number of aromatic nitrogens is 1. The summed E-state index contributed by atoms with van der Waals surface area (Å²) in [7, 11) is 1.85. The van der Waals surface area contributed by atoms with Crippen LogP contribution in [0.15, 0.2) is 54.7 Å². The van der Waals surface area contributed by atoms with E-state index in [1.54, 1.807) is 18.3 Å². The first-order valence-electron chi connectivity index (χ1n) is 8.27. The Labute approximate surface area is 150 Å². The van der Waals surface area contributed by atoms with Gasteiger partial charge >= 0.3 is 5.97 Å². The fourth-order valence-electron chi connectivity index (χ4n) is 2.76. The van der Waals surface area contributed by atoms with Crippen LogP contribution in [-0.2, 0) is 23.0 Å². The maximum atomic E-state index is 12.8. The van der Waals surface area contributed by atoms with Gasteiger partial charge in [0.2, 0.25) is 0 Å². The highest BCUT2D eigenvalue weighted by molar-refractivity contribution is 6.04. The van der Waals surface area contributed by atoms with Crippen LogP contribution in [0.1, 0.15) is 15.9 Å². The number of nitrogens with one attached hydrogen (secondary N) is 1. The van der Waals surface area contributed by atoms with Crippen LogP contribution >= 0.6 is 0 Å². The number of ether oxygens (including phenoxy) is 1. The van der Waals surface area contributed by atoms with Crippen LogP contribution in [0.5, 0.6) is 0 Å². The Bertz CT molecular complexity index is 932. The van der Waals surface area contributed by atoms with Crippen molar-refractivity contribution in [2.24, 2.45) is 7.05 Å². The quantitative estimate of drug-likeness (QED) is 0.693. The number of amides is 1. The molecule has 0 fully saturated rings. The van der Waals surface area contributed by atoms with Gasteiger partial charge in [0.1, 0.15) is 5.82 Å². The number of carbonyl (C=O) groups is 2. The van der Waals surface area contributed by atoms with Crippen molar-refractivity contribution in [1.82, 2.24) is 9.88 Å². The summed E-state index contributed by atoms with van der Waals surface area (Å²) in [4.78, 5) is 24.1. The van der Waals surface area contributed by atoms with Gasteiger partial charge in [-0.15, -0.1) is 0 Å². The van der Waals surface area contributed by atoms with Crippen LogP contribution in [0.4, 0.5) is 4.39 Å². The number of benzene rings is 2. The Morgan fingerprint density at radius 3 is 2.62 bits per heavy atom. The minimum atomic E-state index is -0.532. The molecule has 0 unspecified atom stereocenters. The largest absolute Gasteiger partial charge is 0.452 e. The molecule has 3 rings (SSSR count). The molecule has 0 saturated carbocycles. The molecule has 6 heteroatoms. The molecule has 3 aromatic rings. The van der Waals surface area contributed by atoms with Crippen molar-refractivity contribution in [2.75, 3.05) is 13.2 Å². The molecule has 0 aliphatic heterocycles. The number of hydrogen-bond acceptors (Lipinski definition) is 3. The summed E-state index contributed by atoms with van der Waals surface area (Å²) in [6.45, 7) is 0.0434. The van der Waals surface area contributed by atoms with Crippen molar-refractivity contribution < 1.29 is 18.7 Å². The topological polar surface area (TPSA) is 60.3 Å². The van der Waals surface area contributed by atoms with Gasteiger partial charge < -0.3 is 14.6 Å². The molecule has 5 nitrogen and oxygen atoms in total. The van der Waals surface area contributed by atoms with Crippen molar-refractivity contribution >= 4 is 22.8 Å². The first kappa shape index (κ1) is 17.7. The average molecular weight is 354 g/mol. The Balaban J connectivity index is 1.49. The summed E-state index contributed by atoms with van der Waals surface area (Å²) in [6.07, 6.45) is 2.27. The minimum Gasteiger partial charge on any atom is -0.452 e. The third-order valence-corrected chi connectivity index (χ3v) is 4.10. The number of hydrogen-bond donors (Lipinski definition) is 1. The molecule has 0 atom stereocenters. The molecule has 1 N–H and O–H groups in total. The number of carbonyl (C=O) groups excluding carboxylic acids is 2. The van der Waals surface area contributed by atoms with Gasteiger partial charge in [-0.1, -0.05) is 30.3 Å². The smallest absolute Gasteiger partial charge is 0.340 e. The predicted molar refractivity (Wildman–Crippen MR) is 96.3 cm³/mol. The van der Waals surface area contributed by atoms with E-state index in [0.717, 1.165) is 16.5 Å². The highest BCUT2D eigenvalue weighted by Crippen LogP contribution is 2.20. The van der Waals surface area contributed by atoms with Crippen molar-refractivity contribution in [1.29, 1.82) is 0 Å². The lowest BCUT2D eigenvalue weighted by Crippen LogP contribution is -2.30. The van der Waals surface area contributed by atoms with Crippen LogP contribution in [-0.4, -0.2) is 29.6 Å². The zero-order chi connectivity index (χ0) is 18.5. The number of esters is 1. The molecule has 0 radical (unpaired) electrons. The molecule has 1 aromatic heterocycles. The zero-order valence-corrected chi connectivity index (χ0v) is 14.4. The van der Waals surface area contributed by atoms with Gasteiger partial charge in [0.25, 0.3) is 5.91 Å². The molecule has 1 heterocycles. The second-order valence-corrected chi connectivity index (χ2v) is 5.97. The average Bonchev–Trinajstić information content (AvgIpc) is 2.99. The molecular weight excluding hydrogens is 335 g/mol. The standard InChI is InChI=1S/C20H19FN2O3/c1-23-12-17(16-4-2-3-5-18(16)23)20(25)26-13-19(24)22-11-10-14-6-8-15(21)9-7-14/h2-9,12H,10-11,13H2,1H3,(H,22,24). The van der Waals surface area contributed by atoms with E-state index in [2.05, 4.69) is 5.32 Å². The second kappa shape index (κ2) is 7.82. The van der Waals surface area contributed by atoms with Crippen LogP contribution in [0, 0.1) is 5.82 Å². The first-order chi connectivity index (χ1) is 12.5. The zero-order valence-electron chi connectivity index (χ0n) is 14.4. The van der Waals surface area contributed by atoms with Gasteiger partial charge in [0.05, 0.1) is 5.56 Å². The SMILES string of the molecule is Cn1cc(C(=O)OCC(=O)NCCc2ccc(F)cc2)c2ccccc21. The van der Waals surface area contributed by atoms with Crippen LogP contribution in [0.25, 0.3) is 10.9 Å². The summed E-state index contributed by atoms with van der Waals surface area (Å²) in [5.74, 6) is -1.20. The molecule has 0 saturated heterocycles. The van der Waals surface area contributed by atoms with E-state index < -0.39 is 5.97 Å². The van der Waals surface area contributed by atoms with E-state index in [4.69, 9.17) is 4.74 Å². The van der Waals surface area contributed by atoms with E-state index in [1.807, 2.05) is 35.9 Å². The summed E-state index contributed by atoms with van der Waals surface area (Å²) < 4.78 is 19.8. The van der Waals surface area contributed by atoms with Gasteiger partial charge in [0.15, 0.2) is 6.61 Å². The number of nitrogens with zero attached hydrogens (tertiary/aromatic N) is 1. The molecule has 0 spiro atoms. The van der Waals surface area contributed by atoms with Gasteiger partial charge in [0, 0.05) is 30.7 Å². The number of rotatable bonds is 6. The second-order valence-electron chi connectivity index (χ2n) is 5.97. The van der Waals surface area contributed by atoms with Crippen molar-refractivity contribution in [3.05, 3.63) is 71.7 Å². The third kappa shape index (κ3) is 4.08.